The number of aromatic nitrogens is 4. The summed E-state index contributed by atoms with van der Waals surface area (Å²) in [5.74, 6) is 0.350. The molecule has 9 heteroatoms. The van der Waals surface area contributed by atoms with Crippen molar-refractivity contribution in [1.29, 1.82) is 0 Å². The van der Waals surface area contributed by atoms with Gasteiger partial charge in [0.15, 0.2) is 0 Å². The molecule has 0 bridgehead atoms. The van der Waals surface area contributed by atoms with E-state index in [2.05, 4.69) is 25.3 Å². The molecule has 4 N–H and O–H groups in total. The van der Waals surface area contributed by atoms with E-state index in [0.717, 1.165) is 27.9 Å². The number of nitrogens with two attached hydrogens (primary N) is 1. The van der Waals surface area contributed by atoms with Gasteiger partial charge in [-0.05, 0) is 42.8 Å². The molecule has 0 aliphatic heterocycles. The number of nitrogens with one attached hydrogen (secondary N) is 2. The van der Waals surface area contributed by atoms with E-state index in [-0.39, 0.29) is 4.90 Å². The molecule has 136 valence electrons. The van der Waals surface area contributed by atoms with Crippen LogP contribution in [0.5, 0.6) is 0 Å². The van der Waals surface area contributed by atoms with Crippen LogP contribution in [0.15, 0.2) is 59.9 Å². The lowest BCUT2D eigenvalue weighted by Crippen LogP contribution is -2.12. The SMILES string of the molecule is Cc1cnc(Nc2cccc(S(N)(=O)=O)c2)nc1-c1ccnc2[nH]ccc12. The number of nitrogens with zero attached hydrogens (tertiary/aromatic N) is 3. The van der Waals surface area contributed by atoms with Crippen molar-refractivity contribution in [3.63, 3.8) is 0 Å². The zero-order valence-corrected chi connectivity index (χ0v) is 15.2. The van der Waals surface area contributed by atoms with Gasteiger partial charge in [0, 0.05) is 35.2 Å². The van der Waals surface area contributed by atoms with E-state index in [0.29, 0.717) is 11.6 Å². The molecule has 0 radical (unpaired) electrons. The molecular weight excluding hydrogens is 364 g/mol. The smallest absolute Gasteiger partial charge is 0.238 e. The molecule has 1 aromatic carbocycles. The number of aromatic amines is 1. The van der Waals surface area contributed by atoms with E-state index >= 15 is 0 Å². The number of hydrogen-bond acceptors (Lipinski definition) is 6. The number of rotatable bonds is 4. The van der Waals surface area contributed by atoms with Crippen molar-refractivity contribution < 1.29 is 8.42 Å². The van der Waals surface area contributed by atoms with Gasteiger partial charge in [0.25, 0.3) is 0 Å². The van der Waals surface area contributed by atoms with Crippen LogP contribution in [0.4, 0.5) is 11.6 Å². The minimum absolute atomic E-state index is 0.0167. The minimum atomic E-state index is -3.78. The van der Waals surface area contributed by atoms with Crippen LogP contribution in [0.1, 0.15) is 5.56 Å². The second-order valence-electron chi connectivity index (χ2n) is 6.02. The monoisotopic (exact) mass is 380 g/mol. The summed E-state index contributed by atoms with van der Waals surface area (Å²) in [7, 11) is -3.78. The second-order valence-corrected chi connectivity index (χ2v) is 7.58. The molecule has 0 saturated carbocycles. The fourth-order valence-corrected chi connectivity index (χ4v) is 3.38. The fourth-order valence-electron chi connectivity index (χ4n) is 2.82. The number of fused-ring (bicyclic) bond motifs is 1. The molecule has 8 nitrogen and oxygen atoms in total. The van der Waals surface area contributed by atoms with Crippen LogP contribution in [0.3, 0.4) is 0 Å². The number of H-pyrrole nitrogens is 1. The van der Waals surface area contributed by atoms with Gasteiger partial charge in [-0.2, -0.15) is 0 Å². The molecular formula is C18H16N6O2S. The van der Waals surface area contributed by atoms with Crippen molar-refractivity contribution in [3.05, 3.63) is 60.6 Å². The van der Waals surface area contributed by atoms with Gasteiger partial charge in [-0.1, -0.05) is 6.07 Å². The molecule has 0 unspecified atom stereocenters. The van der Waals surface area contributed by atoms with Gasteiger partial charge in [-0.15, -0.1) is 0 Å². The van der Waals surface area contributed by atoms with Gasteiger partial charge in [0.1, 0.15) is 5.65 Å². The van der Waals surface area contributed by atoms with Crippen molar-refractivity contribution in [2.45, 2.75) is 11.8 Å². The minimum Gasteiger partial charge on any atom is -0.346 e. The summed E-state index contributed by atoms with van der Waals surface area (Å²) >= 11 is 0. The van der Waals surface area contributed by atoms with E-state index in [4.69, 9.17) is 5.14 Å². The van der Waals surface area contributed by atoms with Crippen molar-refractivity contribution >= 4 is 32.7 Å². The predicted molar refractivity (Wildman–Crippen MR) is 103 cm³/mol. The van der Waals surface area contributed by atoms with Gasteiger partial charge in [-0.25, -0.2) is 28.5 Å². The van der Waals surface area contributed by atoms with Crippen molar-refractivity contribution in [3.8, 4) is 11.3 Å². The van der Waals surface area contributed by atoms with Crippen molar-refractivity contribution in [2.75, 3.05) is 5.32 Å². The standard InChI is InChI=1S/C18H16N6O2S/c1-11-10-22-18(23-12-3-2-4-13(9-12)27(19,25)26)24-16(11)14-5-7-20-17-15(14)6-8-21-17/h2-10H,1H3,(H,20,21)(H2,19,25,26)(H,22,23,24). The maximum Gasteiger partial charge on any atom is 0.238 e. The number of sulfonamides is 1. The van der Waals surface area contributed by atoms with E-state index in [1.54, 1.807) is 24.5 Å². The Morgan fingerprint density at radius 3 is 2.81 bits per heavy atom. The zero-order chi connectivity index (χ0) is 19.0. The summed E-state index contributed by atoms with van der Waals surface area (Å²) in [6.07, 6.45) is 5.26. The molecule has 4 rings (SSSR count). The highest BCUT2D eigenvalue weighted by atomic mass is 32.2. The summed E-state index contributed by atoms with van der Waals surface area (Å²) in [4.78, 5) is 16.3. The number of pyridine rings is 1. The Morgan fingerprint density at radius 2 is 2.00 bits per heavy atom. The molecule has 3 aromatic heterocycles. The van der Waals surface area contributed by atoms with Crippen LogP contribution in [0.25, 0.3) is 22.3 Å². The molecule has 0 atom stereocenters. The molecule has 0 amide bonds. The molecule has 4 aromatic rings. The Morgan fingerprint density at radius 1 is 1.15 bits per heavy atom. The number of hydrogen-bond donors (Lipinski definition) is 3. The van der Waals surface area contributed by atoms with E-state index < -0.39 is 10.0 Å². The summed E-state index contributed by atoms with van der Waals surface area (Å²) in [5.41, 5.74) is 3.91. The first-order valence-electron chi connectivity index (χ1n) is 8.08. The molecule has 3 heterocycles. The maximum atomic E-state index is 11.5. The molecule has 0 aliphatic carbocycles. The highest BCUT2D eigenvalue weighted by Gasteiger charge is 2.12. The first kappa shape index (κ1) is 17.1. The third kappa shape index (κ3) is 3.37. The molecule has 0 spiro atoms. The van der Waals surface area contributed by atoms with Crippen LogP contribution in [0.2, 0.25) is 0 Å². The van der Waals surface area contributed by atoms with Crippen molar-refractivity contribution in [2.24, 2.45) is 5.14 Å². The van der Waals surface area contributed by atoms with Crippen LogP contribution < -0.4 is 10.5 Å². The van der Waals surface area contributed by atoms with Gasteiger partial charge in [-0.3, -0.25) is 0 Å². The maximum absolute atomic E-state index is 11.5. The van der Waals surface area contributed by atoms with E-state index in [1.807, 2.05) is 25.3 Å². The first-order valence-corrected chi connectivity index (χ1v) is 9.62. The summed E-state index contributed by atoms with van der Waals surface area (Å²) in [6, 6.07) is 10.0. The topological polar surface area (TPSA) is 127 Å². The number of benzene rings is 1. The lowest BCUT2D eigenvalue weighted by atomic mass is 10.1. The van der Waals surface area contributed by atoms with E-state index in [9.17, 15) is 8.42 Å². The van der Waals surface area contributed by atoms with Gasteiger partial charge < -0.3 is 10.3 Å². The van der Waals surface area contributed by atoms with Crippen LogP contribution in [-0.4, -0.2) is 28.4 Å². The number of anilines is 2. The summed E-state index contributed by atoms with van der Waals surface area (Å²) in [5, 5.41) is 9.18. The lowest BCUT2D eigenvalue weighted by molar-refractivity contribution is 0.598. The Bertz CT molecular complexity index is 1250. The molecule has 27 heavy (non-hydrogen) atoms. The largest absolute Gasteiger partial charge is 0.346 e. The number of primary sulfonamides is 1. The van der Waals surface area contributed by atoms with Gasteiger partial charge in [0.2, 0.25) is 16.0 Å². The Balaban J connectivity index is 1.75. The van der Waals surface area contributed by atoms with Crippen LogP contribution in [-0.2, 0) is 10.0 Å². The average Bonchev–Trinajstić information content (AvgIpc) is 3.12. The van der Waals surface area contributed by atoms with Crippen LogP contribution in [0, 0.1) is 6.92 Å². The molecule has 0 saturated heterocycles. The third-order valence-corrected chi connectivity index (χ3v) is 5.02. The lowest BCUT2D eigenvalue weighted by Gasteiger charge is -2.10. The second kappa shape index (κ2) is 6.45. The first-order chi connectivity index (χ1) is 12.9. The number of aryl methyl sites for hydroxylation is 1. The average molecular weight is 380 g/mol. The Hall–Kier alpha value is -3.30. The molecule has 0 fully saturated rings. The Labute approximate surface area is 155 Å². The summed E-state index contributed by atoms with van der Waals surface area (Å²) in [6.45, 7) is 1.93. The van der Waals surface area contributed by atoms with Crippen LogP contribution >= 0.6 is 0 Å². The predicted octanol–water partition coefficient (Wildman–Crippen LogP) is 2.72. The quantitative estimate of drug-likeness (QED) is 0.500. The zero-order valence-electron chi connectivity index (χ0n) is 14.3. The van der Waals surface area contributed by atoms with E-state index in [1.165, 1.54) is 12.1 Å². The van der Waals surface area contributed by atoms with Gasteiger partial charge in [0.05, 0.1) is 10.6 Å². The van der Waals surface area contributed by atoms with Crippen molar-refractivity contribution in [1.82, 2.24) is 19.9 Å². The molecule has 0 aliphatic rings. The third-order valence-electron chi connectivity index (χ3n) is 4.11. The van der Waals surface area contributed by atoms with Gasteiger partial charge >= 0.3 is 0 Å². The Kier molecular flexibility index (Phi) is 4.09. The normalized spacial score (nSPS) is 11.6. The summed E-state index contributed by atoms with van der Waals surface area (Å²) < 4.78 is 23.1. The highest BCUT2D eigenvalue weighted by molar-refractivity contribution is 7.89. The highest BCUT2D eigenvalue weighted by Crippen LogP contribution is 2.29. The fraction of sp³-hybridized carbons (Fsp3) is 0.0556.